The highest BCUT2D eigenvalue weighted by Gasteiger charge is 2.12. The van der Waals surface area contributed by atoms with E-state index >= 15 is 0 Å². The molecule has 0 amide bonds. The number of hydrogen-bond acceptors (Lipinski definition) is 4. The lowest BCUT2D eigenvalue weighted by Gasteiger charge is -2.17. The Labute approximate surface area is 99.1 Å². The van der Waals surface area contributed by atoms with Crippen LogP contribution in [0.25, 0.3) is 0 Å². The Bertz CT molecular complexity index is 410. The number of nitrogens with two attached hydrogens (primary N) is 1. The Morgan fingerprint density at radius 3 is 2.82 bits per heavy atom. The molecule has 17 heavy (non-hydrogen) atoms. The van der Waals surface area contributed by atoms with Crippen molar-refractivity contribution in [1.82, 2.24) is 0 Å². The number of halogens is 1. The Morgan fingerprint density at radius 2 is 2.35 bits per heavy atom. The van der Waals surface area contributed by atoms with E-state index in [9.17, 15) is 4.39 Å². The van der Waals surface area contributed by atoms with Crippen LogP contribution in [0.1, 0.15) is 13.3 Å². The van der Waals surface area contributed by atoms with Gasteiger partial charge in [-0.3, -0.25) is 0 Å². The van der Waals surface area contributed by atoms with Crippen molar-refractivity contribution >= 4 is 11.5 Å². The van der Waals surface area contributed by atoms with Gasteiger partial charge in [-0.1, -0.05) is 12.1 Å². The fraction of sp³-hybridized carbons (Fsp3) is 0.364. The van der Waals surface area contributed by atoms with Gasteiger partial charge in [0, 0.05) is 11.8 Å². The summed E-state index contributed by atoms with van der Waals surface area (Å²) >= 11 is 0. The minimum atomic E-state index is -0.466. The van der Waals surface area contributed by atoms with Crippen LogP contribution in [0.2, 0.25) is 0 Å². The Hall–Kier alpha value is -1.98. The van der Waals surface area contributed by atoms with Crippen LogP contribution in [-0.2, 0) is 0 Å². The Kier molecular flexibility index (Phi) is 4.56. The number of ether oxygens (including phenoxy) is 1. The average Bonchev–Trinajstić information content (AvgIpc) is 2.35. The lowest BCUT2D eigenvalue weighted by atomic mass is 10.2. The zero-order chi connectivity index (χ0) is 12.8. The topological polar surface area (TPSA) is 79.9 Å². The molecule has 0 radical (unpaired) electrons. The molecule has 0 heterocycles. The second-order valence-electron chi connectivity index (χ2n) is 3.48. The first-order valence-corrected chi connectivity index (χ1v) is 5.19. The van der Waals surface area contributed by atoms with Gasteiger partial charge in [0.2, 0.25) is 0 Å². The van der Waals surface area contributed by atoms with E-state index in [0.29, 0.717) is 12.1 Å². The van der Waals surface area contributed by atoms with Gasteiger partial charge >= 0.3 is 0 Å². The van der Waals surface area contributed by atoms with E-state index in [1.54, 1.807) is 6.07 Å². The fourth-order valence-corrected chi connectivity index (χ4v) is 1.41. The molecule has 1 aromatic carbocycles. The number of benzene rings is 1. The summed E-state index contributed by atoms with van der Waals surface area (Å²) in [5, 5.41) is 14.5. The first-order valence-electron chi connectivity index (χ1n) is 5.19. The van der Waals surface area contributed by atoms with E-state index in [4.69, 9.17) is 15.7 Å². The molecule has 0 saturated heterocycles. The maximum atomic E-state index is 13.4. The normalized spacial score (nSPS) is 13.2. The highest BCUT2D eigenvalue weighted by molar-refractivity contribution is 5.87. The third kappa shape index (κ3) is 3.24. The molecule has 0 aliphatic carbocycles. The maximum Gasteiger partial charge on any atom is 0.167 e. The molecule has 0 aromatic heterocycles. The third-order valence-electron chi connectivity index (χ3n) is 2.37. The highest BCUT2D eigenvalue weighted by Crippen LogP contribution is 2.21. The summed E-state index contributed by atoms with van der Waals surface area (Å²) in [7, 11) is 1.40. The molecule has 6 heteroatoms. The molecule has 1 atom stereocenters. The number of amidine groups is 1. The Morgan fingerprint density at radius 1 is 1.65 bits per heavy atom. The van der Waals surface area contributed by atoms with Crippen LogP contribution in [0.5, 0.6) is 5.75 Å². The van der Waals surface area contributed by atoms with Crippen molar-refractivity contribution in [2.75, 3.05) is 12.4 Å². The fourth-order valence-electron chi connectivity index (χ4n) is 1.41. The molecule has 0 saturated carbocycles. The predicted molar refractivity (Wildman–Crippen MR) is 64.1 cm³/mol. The van der Waals surface area contributed by atoms with Gasteiger partial charge in [0.1, 0.15) is 0 Å². The first kappa shape index (κ1) is 13.1. The highest BCUT2D eigenvalue weighted by atomic mass is 19.1. The van der Waals surface area contributed by atoms with Gasteiger partial charge in [-0.2, -0.15) is 0 Å². The summed E-state index contributed by atoms with van der Waals surface area (Å²) in [6.45, 7) is 1.87. The number of nitrogens with one attached hydrogen (secondary N) is 1. The third-order valence-corrected chi connectivity index (χ3v) is 2.37. The summed E-state index contributed by atoms with van der Waals surface area (Å²) < 4.78 is 18.2. The summed E-state index contributed by atoms with van der Waals surface area (Å²) in [6, 6.07) is 4.13. The molecule has 1 aromatic rings. The molecule has 94 valence electrons. The lowest BCUT2D eigenvalue weighted by molar-refractivity contribution is 0.316. The smallest absolute Gasteiger partial charge is 0.167 e. The van der Waals surface area contributed by atoms with E-state index < -0.39 is 5.82 Å². The van der Waals surface area contributed by atoms with Gasteiger partial charge in [0.25, 0.3) is 0 Å². The molecule has 0 bridgehead atoms. The summed E-state index contributed by atoms with van der Waals surface area (Å²) in [6.07, 6.45) is 0.615. The number of methoxy groups -OCH3 is 1. The molecule has 0 aliphatic heterocycles. The molecular weight excluding hydrogens is 225 g/mol. The maximum absolute atomic E-state index is 13.4. The minimum absolute atomic E-state index is 0.0590. The van der Waals surface area contributed by atoms with Crippen LogP contribution < -0.4 is 15.8 Å². The van der Waals surface area contributed by atoms with Crippen molar-refractivity contribution < 1.29 is 14.3 Å². The second-order valence-corrected chi connectivity index (χ2v) is 3.48. The average molecular weight is 241 g/mol. The van der Waals surface area contributed by atoms with Crippen LogP contribution >= 0.6 is 0 Å². The zero-order valence-electron chi connectivity index (χ0n) is 9.77. The molecule has 1 rings (SSSR count). The quantitative estimate of drug-likeness (QED) is 0.317. The van der Waals surface area contributed by atoms with Gasteiger partial charge in [-0.25, -0.2) is 4.39 Å². The van der Waals surface area contributed by atoms with Crippen LogP contribution in [0.3, 0.4) is 0 Å². The van der Waals surface area contributed by atoms with Gasteiger partial charge < -0.3 is 21.0 Å². The van der Waals surface area contributed by atoms with E-state index in [1.165, 1.54) is 19.2 Å². The van der Waals surface area contributed by atoms with Crippen molar-refractivity contribution in [3.05, 3.63) is 24.0 Å². The predicted octanol–water partition coefficient (Wildman–Crippen LogP) is 1.77. The number of nitrogens with zero attached hydrogens (tertiary/aromatic N) is 1. The number of rotatable bonds is 5. The van der Waals surface area contributed by atoms with Crippen molar-refractivity contribution in [3.63, 3.8) is 0 Å². The van der Waals surface area contributed by atoms with Gasteiger partial charge in [-0.05, 0) is 18.6 Å². The van der Waals surface area contributed by atoms with Gasteiger partial charge in [0.15, 0.2) is 17.4 Å². The monoisotopic (exact) mass is 241 g/mol. The molecule has 4 N–H and O–H groups in total. The standard InChI is InChI=1S/C11H16FN3O2/c1-3-9(11(13)15-16)14-7-4-5-10(17-2)8(12)6-7/h4-6,9,14,16H,3H2,1-2H3,(H2,13,15). The van der Waals surface area contributed by atoms with Crippen molar-refractivity contribution in [3.8, 4) is 5.75 Å². The number of oxime groups is 1. The first-order chi connectivity index (χ1) is 8.12. The lowest BCUT2D eigenvalue weighted by Crippen LogP contribution is -2.35. The Balaban J connectivity index is 2.84. The minimum Gasteiger partial charge on any atom is -0.494 e. The van der Waals surface area contributed by atoms with Crippen LogP contribution in [0.15, 0.2) is 23.4 Å². The molecule has 5 nitrogen and oxygen atoms in total. The molecule has 1 unspecified atom stereocenters. The SMILES string of the molecule is CCC(Nc1ccc(OC)c(F)c1)C(N)=NO. The van der Waals surface area contributed by atoms with Crippen molar-refractivity contribution in [1.29, 1.82) is 0 Å². The van der Waals surface area contributed by atoms with Gasteiger partial charge in [-0.15, -0.1) is 0 Å². The second kappa shape index (κ2) is 5.93. The summed E-state index contributed by atoms with van der Waals surface area (Å²) in [5.41, 5.74) is 6.03. The van der Waals surface area contributed by atoms with Crippen molar-refractivity contribution in [2.45, 2.75) is 19.4 Å². The summed E-state index contributed by atoms with van der Waals surface area (Å²) in [5.74, 6) is -0.233. The van der Waals surface area contributed by atoms with Crippen LogP contribution in [0, 0.1) is 5.82 Å². The molecular formula is C11H16FN3O2. The molecule has 0 spiro atoms. The summed E-state index contributed by atoms with van der Waals surface area (Å²) in [4.78, 5) is 0. The molecule has 0 aliphatic rings. The van der Waals surface area contributed by atoms with Crippen LogP contribution in [0.4, 0.5) is 10.1 Å². The number of anilines is 1. The van der Waals surface area contributed by atoms with Gasteiger partial charge in [0.05, 0.1) is 13.2 Å². The van der Waals surface area contributed by atoms with Crippen molar-refractivity contribution in [2.24, 2.45) is 10.9 Å². The van der Waals surface area contributed by atoms with E-state index in [-0.39, 0.29) is 17.6 Å². The largest absolute Gasteiger partial charge is 0.494 e. The molecule has 0 fully saturated rings. The van der Waals surface area contributed by atoms with E-state index in [2.05, 4.69) is 10.5 Å². The van der Waals surface area contributed by atoms with E-state index in [1.807, 2.05) is 6.92 Å². The van der Waals surface area contributed by atoms with Crippen LogP contribution in [-0.4, -0.2) is 24.2 Å². The van der Waals surface area contributed by atoms with E-state index in [0.717, 1.165) is 0 Å². The zero-order valence-corrected chi connectivity index (χ0v) is 9.77. The number of hydrogen-bond donors (Lipinski definition) is 3.